The van der Waals surface area contributed by atoms with Crippen molar-refractivity contribution in [2.75, 3.05) is 25.1 Å². The summed E-state index contributed by atoms with van der Waals surface area (Å²) in [5, 5.41) is 0. The normalized spacial score (nSPS) is 15.4. The van der Waals surface area contributed by atoms with E-state index >= 15 is 0 Å². The molecule has 4 nitrogen and oxygen atoms in total. The molecule has 2 heterocycles. The summed E-state index contributed by atoms with van der Waals surface area (Å²) in [6.07, 6.45) is 9.08. The van der Waals surface area contributed by atoms with Gasteiger partial charge in [-0.2, -0.15) is 0 Å². The molecule has 1 aliphatic heterocycles. The average molecular weight is 420 g/mol. The molecular weight excluding hydrogens is 382 g/mol. The Morgan fingerprint density at radius 1 is 1.10 bits per heavy atom. The molecule has 1 atom stereocenters. The van der Waals surface area contributed by atoms with E-state index in [0.717, 1.165) is 62.3 Å². The Balaban J connectivity index is 1.76. The first kappa shape index (κ1) is 23.3. The van der Waals surface area contributed by atoms with Crippen LogP contribution in [-0.2, 0) is 11.2 Å². The predicted octanol–water partition coefficient (Wildman–Crippen LogP) is 4.94. The fraction of sp³-hybridized carbons (Fsp3) is 0.519. The van der Waals surface area contributed by atoms with Crippen LogP contribution in [0.15, 0.2) is 42.5 Å². The molecule has 1 saturated heterocycles. The highest BCUT2D eigenvalue weighted by atomic mass is 16.5. The Morgan fingerprint density at radius 3 is 2.58 bits per heavy atom. The first-order chi connectivity index (χ1) is 15.2. The minimum absolute atomic E-state index is 0.0748. The maximum absolute atomic E-state index is 6.27. The standard InChI is InChI=1S/C27H37N3O/c1-3-4-5-9-12-24(28)15-13-23-14-16-27(30-19-17-25(31-2)18-20-30)29-26(23)21-22-10-7-6-8-11-22/h6-8,10-11,14,16,24-25H,3-5,9,12,17-21,28H2,1-2H3. The van der Waals surface area contributed by atoms with Gasteiger partial charge >= 0.3 is 0 Å². The van der Waals surface area contributed by atoms with Gasteiger partial charge in [-0.1, -0.05) is 74.8 Å². The highest BCUT2D eigenvalue weighted by Gasteiger charge is 2.20. The lowest BCUT2D eigenvalue weighted by molar-refractivity contribution is 0.0818. The quantitative estimate of drug-likeness (QED) is 0.462. The molecule has 1 aromatic carbocycles. The summed E-state index contributed by atoms with van der Waals surface area (Å²) in [5.41, 5.74) is 9.53. The molecule has 31 heavy (non-hydrogen) atoms. The van der Waals surface area contributed by atoms with Crippen molar-refractivity contribution < 1.29 is 4.74 Å². The van der Waals surface area contributed by atoms with Gasteiger partial charge in [-0.3, -0.25) is 0 Å². The molecule has 1 unspecified atom stereocenters. The van der Waals surface area contributed by atoms with Gasteiger partial charge in [0.1, 0.15) is 5.82 Å². The van der Waals surface area contributed by atoms with Crippen molar-refractivity contribution in [2.24, 2.45) is 5.73 Å². The van der Waals surface area contributed by atoms with Crippen LogP contribution in [0.1, 0.15) is 68.7 Å². The van der Waals surface area contributed by atoms with E-state index in [9.17, 15) is 0 Å². The molecule has 3 rings (SSSR count). The molecule has 0 amide bonds. The van der Waals surface area contributed by atoms with Crippen molar-refractivity contribution in [3.05, 3.63) is 59.3 Å². The molecule has 0 saturated carbocycles. The Kier molecular flexibility index (Phi) is 9.39. The lowest BCUT2D eigenvalue weighted by Crippen LogP contribution is -2.37. The average Bonchev–Trinajstić information content (AvgIpc) is 2.82. The zero-order valence-electron chi connectivity index (χ0n) is 19.1. The number of unbranched alkanes of at least 4 members (excludes halogenated alkanes) is 3. The number of pyridine rings is 1. The highest BCUT2D eigenvalue weighted by Crippen LogP contribution is 2.22. The van der Waals surface area contributed by atoms with Crippen LogP contribution in [0.2, 0.25) is 0 Å². The molecule has 4 heteroatoms. The maximum atomic E-state index is 6.27. The number of hydrogen-bond acceptors (Lipinski definition) is 4. The van der Waals surface area contributed by atoms with Crippen molar-refractivity contribution >= 4 is 5.82 Å². The van der Waals surface area contributed by atoms with Gasteiger partial charge in [-0.25, -0.2) is 4.98 Å². The first-order valence-corrected chi connectivity index (χ1v) is 11.8. The number of benzene rings is 1. The number of hydrogen-bond donors (Lipinski definition) is 1. The van der Waals surface area contributed by atoms with Crippen LogP contribution in [0, 0.1) is 11.8 Å². The van der Waals surface area contributed by atoms with E-state index in [1.54, 1.807) is 7.11 Å². The molecule has 1 aromatic heterocycles. The summed E-state index contributed by atoms with van der Waals surface area (Å²) in [6.45, 7) is 4.18. The van der Waals surface area contributed by atoms with Crippen molar-refractivity contribution in [1.82, 2.24) is 4.98 Å². The van der Waals surface area contributed by atoms with Crippen LogP contribution in [-0.4, -0.2) is 37.3 Å². The number of rotatable bonds is 9. The highest BCUT2D eigenvalue weighted by molar-refractivity contribution is 5.49. The van der Waals surface area contributed by atoms with Crippen LogP contribution >= 0.6 is 0 Å². The molecule has 0 aliphatic carbocycles. The topological polar surface area (TPSA) is 51.4 Å². The molecule has 166 valence electrons. The Labute approximate surface area is 188 Å². The van der Waals surface area contributed by atoms with Gasteiger partial charge < -0.3 is 15.4 Å². The molecule has 2 aromatic rings. The SMILES string of the molecule is CCCCCCC(N)C#Cc1ccc(N2CCC(OC)CC2)nc1Cc1ccccc1. The zero-order valence-corrected chi connectivity index (χ0v) is 19.1. The van der Waals surface area contributed by atoms with E-state index in [2.05, 4.69) is 60.1 Å². The largest absolute Gasteiger partial charge is 0.381 e. The number of methoxy groups -OCH3 is 1. The van der Waals surface area contributed by atoms with Gasteiger partial charge in [0.05, 0.1) is 17.8 Å². The van der Waals surface area contributed by atoms with Gasteiger partial charge in [0.25, 0.3) is 0 Å². The number of piperidine rings is 1. The van der Waals surface area contributed by atoms with E-state index in [0.29, 0.717) is 6.10 Å². The molecule has 0 spiro atoms. The minimum Gasteiger partial charge on any atom is -0.381 e. The summed E-state index contributed by atoms with van der Waals surface area (Å²) in [4.78, 5) is 7.41. The van der Waals surface area contributed by atoms with Crippen molar-refractivity contribution in [1.29, 1.82) is 0 Å². The molecule has 1 fully saturated rings. The summed E-state index contributed by atoms with van der Waals surface area (Å²) in [7, 11) is 1.80. The molecule has 1 aliphatic rings. The third-order valence-electron chi connectivity index (χ3n) is 6.03. The van der Waals surface area contributed by atoms with Gasteiger partial charge in [-0.05, 0) is 37.0 Å². The second kappa shape index (κ2) is 12.5. The fourth-order valence-corrected chi connectivity index (χ4v) is 4.06. The van der Waals surface area contributed by atoms with Crippen LogP contribution in [0.5, 0.6) is 0 Å². The molecule has 0 bridgehead atoms. The third kappa shape index (κ3) is 7.38. The number of anilines is 1. The van der Waals surface area contributed by atoms with E-state index < -0.39 is 0 Å². The Hall–Kier alpha value is -2.35. The van der Waals surface area contributed by atoms with Gasteiger partial charge in [0.15, 0.2) is 0 Å². The third-order valence-corrected chi connectivity index (χ3v) is 6.03. The second-order valence-corrected chi connectivity index (χ2v) is 8.47. The van der Waals surface area contributed by atoms with Crippen LogP contribution in [0.4, 0.5) is 5.82 Å². The minimum atomic E-state index is -0.0748. The van der Waals surface area contributed by atoms with Crippen molar-refractivity contribution in [2.45, 2.75) is 70.4 Å². The Bertz CT molecular complexity index is 848. The first-order valence-electron chi connectivity index (χ1n) is 11.8. The fourth-order valence-electron chi connectivity index (χ4n) is 4.06. The van der Waals surface area contributed by atoms with Gasteiger partial charge in [-0.15, -0.1) is 0 Å². The Morgan fingerprint density at radius 2 is 1.87 bits per heavy atom. The summed E-state index contributed by atoms with van der Waals surface area (Å²) in [6, 6.07) is 14.7. The molecular formula is C27H37N3O. The summed E-state index contributed by atoms with van der Waals surface area (Å²) in [5.74, 6) is 7.65. The van der Waals surface area contributed by atoms with E-state index in [1.807, 2.05) is 6.07 Å². The smallest absolute Gasteiger partial charge is 0.128 e. The lowest BCUT2D eigenvalue weighted by Gasteiger charge is -2.32. The van der Waals surface area contributed by atoms with Crippen LogP contribution in [0.3, 0.4) is 0 Å². The van der Waals surface area contributed by atoms with Gasteiger partial charge in [0.2, 0.25) is 0 Å². The summed E-state index contributed by atoms with van der Waals surface area (Å²) < 4.78 is 5.52. The van der Waals surface area contributed by atoms with Crippen LogP contribution in [0.25, 0.3) is 0 Å². The van der Waals surface area contributed by atoms with Crippen molar-refractivity contribution in [3.8, 4) is 11.8 Å². The second-order valence-electron chi connectivity index (χ2n) is 8.47. The monoisotopic (exact) mass is 419 g/mol. The number of nitrogens with zero attached hydrogens (tertiary/aromatic N) is 2. The molecule has 2 N–H and O–H groups in total. The van der Waals surface area contributed by atoms with Gasteiger partial charge in [0, 0.05) is 32.2 Å². The summed E-state index contributed by atoms with van der Waals surface area (Å²) >= 11 is 0. The zero-order chi connectivity index (χ0) is 21.9. The van der Waals surface area contributed by atoms with E-state index in [1.165, 1.54) is 24.8 Å². The van der Waals surface area contributed by atoms with Crippen LogP contribution < -0.4 is 10.6 Å². The number of ether oxygens (including phenoxy) is 1. The molecule has 0 radical (unpaired) electrons. The maximum Gasteiger partial charge on any atom is 0.128 e. The van der Waals surface area contributed by atoms with E-state index in [4.69, 9.17) is 15.5 Å². The number of nitrogens with two attached hydrogens (primary N) is 1. The van der Waals surface area contributed by atoms with E-state index in [-0.39, 0.29) is 6.04 Å². The lowest BCUT2D eigenvalue weighted by atomic mass is 10.0. The number of aromatic nitrogens is 1. The predicted molar refractivity (Wildman–Crippen MR) is 129 cm³/mol. The van der Waals surface area contributed by atoms with Crippen molar-refractivity contribution in [3.63, 3.8) is 0 Å².